The summed E-state index contributed by atoms with van der Waals surface area (Å²) >= 11 is 1.56. The largest absolute Gasteiger partial charge is 0.450 e. The molecule has 2 heterocycles. The second-order valence-electron chi connectivity index (χ2n) is 6.25. The van der Waals surface area contributed by atoms with Crippen LogP contribution < -0.4 is 0 Å². The number of amides is 1. The molecular formula is C21H19NO5S. The number of thiophene rings is 1. The van der Waals surface area contributed by atoms with E-state index in [1.165, 1.54) is 17.9 Å². The van der Waals surface area contributed by atoms with Gasteiger partial charge in [0, 0.05) is 24.7 Å². The van der Waals surface area contributed by atoms with Gasteiger partial charge in [0.05, 0.1) is 0 Å². The van der Waals surface area contributed by atoms with Crippen LogP contribution in [-0.2, 0) is 16.1 Å². The van der Waals surface area contributed by atoms with Crippen LogP contribution in [0.5, 0.6) is 0 Å². The van der Waals surface area contributed by atoms with Crippen LogP contribution in [0.15, 0.2) is 57.6 Å². The summed E-state index contributed by atoms with van der Waals surface area (Å²) in [5.74, 6) is -0.541. The van der Waals surface area contributed by atoms with E-state index in [4.69, 9.17) is 9.15 Å². The highest BCUT2D eigenvalue weighted by molar-refractivity contribution is 7.07. The number of carbonyl (C=O) groups excluding carboxylic acids is 3. The van der Waals surface area contributed by atoms with Crippen LogP contribution in [-0.4, -0.2) is 36.2 Å². The SMILES string of the molecule is CC(=O)c1ccc(-c2ccc(C(=O)OCC(=O)N(C)Cc3ccsc3)o2)cc1. The number of ketones is 1. The molecule has 7 heteroatoms. The maximum Gasteiger partial charge on any atom is 0.374 e. The number of Topliss-reactive ketones (excluding diaryl/α,β-unsaturated/α-hetero) is 1. The number of ether oxygens (including phenoxy) is 1. The quantitative estimate of drug-likeness (QED) is 0.444. The molecule has 0 spiro atoms. The number of rotatable bonds is 7. The molecule has 0 N–H and O–H groups in total. The Hall–Kier alpha value is -3.19. The molecule has 2 aromatic heterocycles. The summed E-state index contributed by atoms with van der Waals surface area (Å²) in [6.07, 6.45) is 0. The number of nitrogens with zero attached hydrogens (tertiary/aromatic N) is 1. The molecule has 0 saturated carbocycles. The molecule has 0 atom stereocenters. The van der Waals surface area contributed by atoms with Crippen LogP contribution in [0.2, 0.25) is 0 Å². The minimum Gasteiger partial charge on any atom is -0.450 e. The molecule has 0 fully saturated rings. The summed E-state index contributed by atoms with van der Waals surface area (Å²) < 4.78 is 10.6. The Morgan fingerprint density at radius 3 is 2.46 bits per heavy atom. The molecule has 1 aromatic carbocycles. The van der Waals surface area contributed by atoms with Crippen molar-refractivity contribution in [2.45, 2.75) is 13.5 Å². The van der Waals surface area contributed by atoms with Gasteiger partial charge in [0.15, 0.2) is 12.4 Å². The van der Waals surface area contributed by atoms with Gasteiger partial charge in [-0.1, -0.05) is 24.3 Å². The fourth-order valence-corrected chi connectivity index (χ4v) is 3.19. The average Bonchev–Trinajstić information content (AvgIpc) is 3.38. The second kappa shape index (κ2) is 8.67. The number of benzene rings is 1. The van der Waals surface area contributed by atoms with Crippen LogP contribution in [0.1, 0.15) is 33.4 Å². The molecule has 144 valence electrons. The third-order valence-electron chi connectivity index (χ3n) is 4.14. The van der Waals surface area contributed by atoms with Gasteiger partial charge in [-0.15, -0.1) is 0 Å². The zero-order valence-corrected chi connectivity index (χ0v) is 16.3. The van der Waals surface area contributed by atoms with Crippen LogP contribution in [0, 0.1) is 0 Å². The molecule has 0 unspecified atom stereocenters. The van der Waals surface area contributed by atoms with E-state index in [9.17, 15) is 14.4 Å². The normalized spacial score (nSPS) is 10.5. The lowest BCUT2D eigenvalue weighted by atomic mass is 10.1. The molecule has 0 aliphatic rings. The monoisotopic (exact) mass is 397 g/mol. The first-order chi connectivity index (χ1) is 13.4. The molecule has 0 saturated heterocycles. The fraction of sp³-hybridized carbons (Fsp3) is 0.190. The van der Waals surface area contributed by atoms with Crippen molar-refractivity contribution in [1.82, 2.24) is 4.90 Å². The van der Waals surface area contributed by atoms with E-state index >= 15 is 0 Å². The van der Waals surface area contributed by atoms with Crippen molar-refractivity contribution in [2.24, 2.45) is 0 Å². The Balaban J connectivity index is 1.56. The van der Waals surface area contributed by atoms with Crippen LogP contribution in [0.25, 0.3) is 11.3 Å². The number of hydrogen-bond donors (Lipinski definition) is 0. The van der Waals surface area contributed by atoms with E-state index in [0.29, 0.717) is 17.9 Å². The Bertz CT molecular complexity index is 973. The Kier molecular flexibility index (Phi) is 6.06. The van der Waals surface area contributed by atoms with E-state index in [2.05, 4.69) is 0 Å². The van der Waals surface area contributed by atoms with Crippen molar-refractivity contribution in [3.05, 3.63) is 70.1 Å². The number of hydrogen-bond acceptors (Lipinski definition) is 6. The van der Waals surface area contributed by atoms with Crippen LogP contribution in [0.3, 0.4) is 0 Å². The number of likely N-dealkylation sites (N-methyl/N-ethyl adjacent to an activating group) is 1. The summed E-state index contributed by atoms with van der Waals surface area (Å²) in [4.78, 5) is 37.1. The van der Waals surface area contributed by atoms with Gasteiger partial charge in [-0.2, -0.15) is 11.3 Å². The van der Waals surface area contributed by atoms with Crippen molar-refractivity contribution in [3.8, 4) is 11.3 Å². The highest BCUT2D eigenvalue weighted by Crippen LogP contribution is 2.23. The maximum atomic E-state index is 12.1. The molecule has 28 heavy (non-hydrogen) atoms. The Labute approximate surface area is 166 Å². The predicted octanol–water partition coefficient (Wildman–Crippen LogP) is 4.03. The Morgan fingerprint density at radius 2 is 1.82 bits per heavy atom. The first kappa shape index (κ1) is 19.6. The highest BCUT2D eigenvalue weighted by Gasteiger charge is 2.17. The molecule has 1 amide bonds. The number of esters is 1. The van der Waals surface area contributed by atoms with Crippen molar-refractivity contribution in [1.29, 1.82) is 0 Å². The van der Waals surface area contributed by atoms with Gasteiger partial charge < -0.3 is 14.1 Å². The molecule has 0 aliphatic carbocycles. The molecule has 0 bridgehead atoms. The molecular weight excluding hydrogens is 378 g/mol. The van der Waals surface area contributed by atoms with Gasteiger partial charge in [-0.3, -0.25) is 9.59 Å². The van der Waals surface area contributed by atoms with Crippen molar-refractivity contribution >= 4 is 29.0 Å². The molecule has 3 rings (SSSR count). The van der Waals surface area contributed by atoms with Gasteiger partial charge in [-0.25, -0.2) is 4.79 Å². The standard InChI is InChI=1S/C21H19NO5S/c1-14(23)16-3-5-17(6-4-16)18-7-8-19(27-18)21(25)26-12-20(24)22(2)11-15-9-10-28-13-15/h3-10,13H,11-12H2,1-2H3. The fourth-order valence-electron chi connectivity index (χ4n) is 2.53. The van der Waals surface area contributed by atoms with Crippen molar-refractivity contribution in [3.63, 3.8) is 0 Å². The third-order valence-corrected chi connectivity index (χ3v) is 4.87. The van der Waals surface area contributed by atoms with E-state index < -0.39 is 5.97 Å². The van der Waals surface area contributed by atoms with E-state index in [1.807, 2.05) is 16.8 Å². The van der Waals surface area contributed by atoms with Crippen molar-refractivity contribution < 1.29 is 23.5 Å². The van der Waals surface area contributed by atoms with Crippen LogP contribution >= 0.6 is 11.3 Å². The average molecular weight is 397 g/mol. The van der Waals surface area contributed by atoms with Gasteiger partial charge >= 0.3 is 5.97 Å². The summed E-state index contributed by atoms with van der Waals surface area (Å²) in [6.45, 7) is 1.60. The van der Waals surface area contributed by atoms with Crippen molar-refractivity contribution in [2.75, 3.05) is 13.7 Å². The molecule has 6 nitrogen and oxygen atoms in total. The van der Waals surface area contributed by atoms with E-state index in [1.54, 1.807) is 48.7 Å². The second-order valence-corrected chi connectivity index (χ2v) is 7.03. The lowest BCUT2D eigenvalue weighted by Crippen LogP contribution is -2.30. The zero-order valence-electron chi connectivity index (χ0n) is 15.5. The predicted molar refractivity (Wildman–Crippen MR) is 105 cm³/mol. The van der Waals surface area contributed by atoms with Gasteiger partial charge in [-0.05, 0) is 41.4 Å². The third kappa shape index (κ3) is 4.75. The van der Waals surface area contributed by atoms with Crippen LogP contribution in [0.4, 0.5) is 0 Å². The zero-order chi connectivity index (χ0) is 20.1. The topological polar surface area (TPSA) is 76.8 Å². The summed E-state index contributed by atoms with van der Waals surface area (Å²) in [5.41, 5.74) is 2.36. The summed E-state index contributed by atoms with van der Waals surface area (Å²) in [7, 11) is 1.66. The lowest BCUT2D eigenvalue weighted by Gasteiger charge is -2.16. The molecule has 0 radical (unpaired) electrons. The Morgan fingerprint density at radius 1 is 1.07 bits per heavy atom. The lowest BCUT2D eigenvalue weighted by molar-refractivity contribution is -0.133. The van der Waals surface area contributed by atoms with Gasteiger partial charge in [0.25, 0.3) is 5.91 Å². The summed E-state index contributed by atoms with van der Waals surface area (Å²) in [6, 6.07) is 12.0. The van der Waals surface area contributed by atoms with Gasteiger partial charge in [0.2, 0.25) is 5.76 Å². The minimum absolute atomic E-state index is 0.0129. The number of furan rings is 1. The molecule has 0 aliphatic heterocycles. The van der Waals surface area contributed by atoms with E-state index in [-0.39, 0.29) is 24.1 Å². The smallest absolute Gasteiger partial charge is 0.374 e. The first-order valence-electron chi connectivity index (χ1n) is 8.57. The first-order valence-corrected chi connectivity index (χ1v) is 9.51. The number of carbonyl (C=O) groups is 3. The minimum atomic E-state index is -0.705. The summed E-state index contributed by atoms with van der Waals surface area (Å²) in [5, 5.41) is 3.90. The maximum absolute atomic E-state index is 12.1. The highest BCUT2D eigenvalue weighted by atomic mass is 32.1. The molecule has 3 aromatic rings. The van der Waals surface area contributed by atoms with E-state index in [0.717, 1.165) is 11.1 Å². The van der Waals surface area contributed by atoms with Gasteiger partial charge in [0.1, 0.15) is 5.76 Å².